The van der Waals surface area contributed by atoms with Crippen molar-refractivity contribution >= 4 is 49.5 Å². The van der Waals surface area contributed by atoms with Crippen molar-refractivity contribution < 1.29 is 0 Å². The zero-order chi connectivity index (χ0) is 20.6. The summed E-state index contributed by atoms with van der Waals surface area (Å²) < 4.78 is 0. The summed E-state index contributed by atoms with van der Waals surface area (Å²) in [6.07, 6.45) is 1.88. The Balaban J connectivity index is 1.76. The molecule has 0 atom stereocenters. The Hall–Kier alpha value is -4.17. The van der Waals surface area contributed by atoms with Crippen LogP contribution in [0.2, 0.25) is 0 Å². The van der Waals surface area contributed by atoms with E-state index in [4.69, 9.17) is 4.98 Å². The molecule has 0 aliphatic carbocycles. The van der Waals surface area contributed by atoms with Crippen molar-refractivity contribution in [3.63, 3.8) is 0 Å². The molecule has 0 bridgehead atoms. The maximum Gasteiger partial charge on any atom is 0.0948 e. The molecule has 2 nitrogen and oxygen atoms in total. The number of aromatic nitrogens is 1. The van der Waals surface area contributed by atoms with Gasteiger partial charge in [0, 0.05) is 23.0 Å². The second kappa shape index (κ2) is 7.26. The average molecular weight is 396 g/mol. The molecule has 1 heterocycles. The molecule has 0 fully saturated rings. The molecule has 0 spiro atoms. The first-order valence-electron chi connectivity index (χ1n) is 10.5. The highest BCUT2D eigenvalue weighted by molar-refractivity contribution is 6.20. The van der Waals surface area contributed by atoms with Crippen LogP contribution < -0.4 is 4.90 Å². The third-order valence-corrected chi connectivity index (χ3v) is 5.86. The van der Waals surface area contributed by atoms with E-state index in [0.717, 1.165) is 28.0 Å². The summed E-state index contributed by atoms with van der Waals surface area (Å²) in [6, 6.07) is 40.5. The van der Waals surface area contributed by atoms with E-state index < -0.39 is 0 Å². The van der Waals surface area contributed by atoms with Gasteiger partial charge in [-0.2, -0.15) is 0 Å². The van der Waals surface area contributed by atoms with Crippen LogP contribution in [-0.4, -0.2) is 4.98 Å². The smallest absolute Gasteiger partial charge is 0.0948 e. The van der Waals surface area contributed by atoms with Crippen LogP contribution in [0.5, 0.6) is 0 Å². The Kier molecular flexibility index (Phi) is 4.14. The molecule has 0 radical (unpaired) electrons. The molecule has 31 heavy (non-hydrogen) atoms. The van der Waals surface area contributed by atoms with Crippen LogP contribution in [0, 0.1) is 0 Å². The Morgan fingerprint density at radius 3 is 1.87 bits per heavy atom. The number of fused-ring (bicyclic) bond motifs is 5. The van der Waals surface area contributed by atoms with Gasteiger partial charge in [-0.15, -0.1) is 0 Å². The van der Waals surface area contributed by atoms with E-state index in [9.17, 15) is 0 Å². The number of benzene rings is 5. The molecule has 5 aromatic carbocycles. The zero-order valence-electron chi connectivity index (χ0n) is 16.9. The first kappa shape index (κ1) is 17.7. The highest BCUT2D eigenvalue weighted by atomic mass is 15.1. The van der Waals surface area contributed by atoms with Crippen molar-refractivity contribution in [1.29, 1.82) is 0 Å². The van der Waals surface area contributed by atoms with E-state index >= 15 is 0 Å². The normalized spacial score (nSPS) is 11.2. The minimum absolute atomic E-state index is 0.998. The largest absolute Gasteiger partial charge is 0.308 e. The number of anilines is 3. The van der Waals surface area contributed by atoms with Gasteiger partial charge in [-0.05, 0) is 57.9 Å². The Morgan fingerprint density at radius 1 is 0.484 bits per heavy atom. The summed E-state index contributed by atoms with van der Waals surface area (Å²) in [5.41, 5.74) is 4.30. The molecule has 0 N–H and O–H groups in total. The van der Waals surface area contributed by atoms with E-state index in [2.05, 4.69) is 114 Å². The molecule has 146 valence electrons. The number of hydrogen-bond acceptors (Lipinski definition) is 2. The predicted octanol–water partition coefficient (Wildman–Crippen LogP) is 8.01. The number of pyridine rings is 1. The molecule has 0 aliphatic heterocycles. The van der Waals surface area contributed by atoms with Gasteiger partial charge in [0.05, 0.1) is 11.2 Å². The van der Waals surface area contributed by atoms with Gasteiger partial charge in [-0.1, -0.05) is 78.9 Å². The van der Waals surface area contributed by atoms with Crippen molar-refractivity contribution in [2.45, 2.75) is 0 Å². The highest BCUT2D eigenvalue weighted by Gasteiger charge is 2.18. The van der Waals surface area contributed by atoms with Gasteiger partial charge in [-0.3, -0.25) is 4.98 Å². The zero-order valence-corrected chi connectivity index (χ0v) is 16.9. The number of rotatable bonds is 3. The summed E-state index contributed by atoms with van der Waals surface area (Å²) >= 11 is 0. The first-order chi connectivity index (χ1) is 15.4. The number of nitrogens with zero attached hydrogens (tertiary/aromatic N) is 2. The fraction of sp³-hybridized carbons (Fsp3) is 0. The van der Waals surface area contributed by atoms with Gasteiger partial charge in [0.15, 0.2) is 0 Å². The molecular weight excluding hydrogens is 376 g/mol. The van der Waals surface area contributed by atoms with Crippen LogP contribution in [-0.2, 0) is 0 Å². The van der Waals surface area contributed by atoms with Crippen LogP contribution in [0.15, 0.2) is 121 Å². The molecule has 6 aromatic rings. The van der Waals surface area contributed by atoms with Gasteiger partial charge in [0.1, 0.15) is 0 Å². The van der Waals surface area contributed by atoms with Gasteiger partial charge in [0.25, 0.3) is 0 Å². The molecule has 0 amide bonds. The molecular formula is C29H20N2. The maximum absolute atomic E-state index is 4.84. The van der Waals surface area contributed by atoms with Crippen molar-refractivity contribution in [2.24, 2.45) is 0 Å². The molecule has 2 heteroatoms. The second-order valence-corrected chi connectivity index (χ2v) is 7.68. The predicted molar refractivity (Wildman–Crippen MR) is 131 cm³/mol. The number of hydrogen-bond donors (Lipinski definition) is 0. The molecule has 0 saturated carbocycles. The van der Waals surface area contributed by atoms with Crippen LogP contribution in [0.1, 0.15) is 0 Å². The van der Waals surface area contributed by atoms with Crippen molar-refractivity contribution in [1.82, 2.24) is 4.98 Å². The van der Waals surface area contributed by atoms with Crippen LogP contribution in [0.3, 0.4) is 0 Å². The van der Waals surface area contributed by atoms with Crippen LogP contribution in [0.4, 0.5) is 17.1 Å². The lowest BCUT2D eigenvalue weighted by Gasteiger charge is -2.27. The quantitative estimate of drug-likeness (QED) is 0.282. The topological polar surface area (TPSA) is 16.1 Å². The standard InChI is InChI=1S/C29H20N2/c1-3-11-22(12-4-1)31(23-13-5-2-6-14-23)28-20-27-24-15-8-7-10-21(24)17-18-25(27)26-16-9-19-30-29(26)28/h1-20H. The van der Waals surface area contributed by atoms with Gasteiger partial charge >= 0.3 is 0 Å². The van der Waals surface area contributed by atoms with Gasteiger partial charge in [0.2, 0.25) is 0 Å². The lowest BCUT2D eigenvalue weighted by Crippen LogP contribution is -2.10. The third kappa shape index (κ3) is 2.92. The van der Waals surface area contributed by atoms with E-state index in [1.54, 1.807) is 0 Å². The summed E-state index contributed by atoms with van der Waals surface area (Å²) in [4.78, 5) is 7.14. The minimum Gasteiger partial charge on any atom is -0.308 e. The summed E-state index contributed by atoms with van der Waals surface area (Å²) in [6.45, 7) is 0. The van der Waals surface area contributed by atoms with Gasteiger partial charge < -0.3 is 4.90 Å². The van der Waals surface area contributed by atoms with Gasteiger partial charge in [-0.25, -0.2) is 0 Å². The Morgan fingerprint density at radius 2 is 1.13 bits per heavy atom. The van der Waals surface area contributed by atoms with E-state index in [0.29, 0.717) is 0 Å². The lowest BCUT2D eigenvalue weighted by molar-refractivity contribution is 1.28. The fourth-order valence-corrected chi connectivity index (χ4v) is 4.47. The van der Waals surface area contributed by atoms with Crippen molar-refractivity contribution in [2.75, 3.05) is 4.90 Å². The first-order valence-corrected chi connectivity index (χ1v) is 10.5. The van der Waals surface area contributed by atoms with Crippen molar-refractivity contribution in [3.8, 4) is 0 Å². The summed E-state index contributed by atoms with van der Waals surface area (Å²) in [5.74, 6) is 0. The monoisotopic (exact) mass is 396 g/mol. The molecule has 0 unspecified atom stereocenters. The molecule has 1 aromatic heterocycles. The van der Waals surface area contributed by atoms with Crippen LogP contribution in [0.25, 0.3) is 32.4 Å². The Labute approximate surface area is 181 Å². The third-order valence-electron chi connectivity index (χ3n) is 5.86. The highest BCUT2D eigenvalue weighted by Crippen LogP contribution is 2.42. The van der Waals surface area contributed by atoms with E-state index in [1.165, 1.54) is 21.5 Å². The summed E-state index contributed by atoms with van der Waals surface area (Å²) in [5, 5.41) is 6.14. The lowest BCUT2D eigenvalue weighted by atomic mass is 9.97. The maximum atomic E-state index is 4.84. The fourth-order valence-electron chi connectivity index (χ4n) is 4.47. The van der Waals surface area contributed by atoms with Crippen molar-refractivity contribution in [3.05, 3.63) is 121 Å². The van der Waals surface area contributed by atoms with E-state index in [-0.39, 0.29) is 0 Å². The molecule has 6 rings (SSSR count). The average Bonchev–Trinajstić information content (AvgIpc) is 2.85. The molecule has 0 saturated heterocycles. The Bertz CT molecular complexity index is 1480. The number of para-hydroxylation sites is 2. The van der Waals surface area contributed by atoms with Crippen LogP contribution >= 0.6 is 0 Å². The SMILES string of the molecule is c1ccc(N(c2ccccc2)c2cc3c4ccccc4ccc3c3cccnc23)cc1. The minimum atomic E-state index is 0.998. The summed E-state index contributed by atoms with van der Waals surface area (Å²) in [7, 11) is 0. The second-order valence-electron chi connectivity index (χ2n) is 7.68. The molecule has 0 aliphatic rings. The van der Waals surface area contributed by atoms with E-state index in [1.807, 2.05) is 12.3 Å².